The van der Waals surface area contributed by atoms with Crippen molar-refractivity contribution in [1.82, 2.24) is 10.2 Å². The highest BCUT2D eigenvalue weighted by Gasteiger charge is 2.36. The first-order valence-electron chi connectivity index (χ1n) is 5.46. The summed E-state index contributed by atoms with van der Waals surface area (Å²) < 4.78 is 0. The van der Waals surface area contributed by atoms with Crippen molar-refractivity contribution in [2.24, 2.45) is 0 Å². The Kier molecular flexibility index (Phi) is 2.90. The quantitative estimate of drug-likeness (QED) is 0.636. The SMILES string of the molecule is O=C(O)C(=O)N(CC1CCCN1)C1CC1. The number of hydrogen-bond donors (Lipinski definition) is 2. The summed E-state index contributed by atoms with van der Waals surface area (Å²) in [6.45, 7) is 1.53. The van der Waals surface area contributed by atoms with Crippen molar-refractivity contribution >= 4 is 11.9 Å². The molecule has 1 atom stereocenters. The first-order chi connectivity index (χ1) is 7.18. The molecule has 1 unspecified atom stereocenters. The van der Waals surface area contributed by atoms with Crippen molar-refractivity contribution in [3.8, 4) is 0 Å². The minimum absolute atomic E-state index is 0.177. The molecule has 0 aromatic carbocycles. The number of aliphatic carboxylic acids is 1. The molecule has 2 aliphatic rings. The molecule has 1 aliphatic heterocycles. The lowest BCUT2D eigenvalue weighted by molar-refractivity contribution is -0.156. The third-order valence-corrected chi connectivity index (χ3v) is 3.01. The summed E-state index contributed by atoms with van der Waals surface area (Å²) in [5.41, 5.74) is 0. The molecule has 2 fully saturated rings. The van der Waals surface area contributed by atoms with Gasteiger partial charge in [0.2, 0.25) is 0 Å². The fraction of sp³-hybridized carbons (Fsp3) is 0.800. The summed E-state index contributed by atoms with van der Waals surface area (Å²) in [6.07, 6.45) is 4.05. The van der Waals surface area contributed by atoms with Gasteiger partial charge in [0.15, 0.2) is 0 Å². The zero-order valence-electron chi connectivity index (χ0n) is 8.61. The molecular formula is C10H16N2O3. The predicted molar refractivity (Wildman–Crippen MR) is 53.4 cm³/mol. The van der Waals surface area contributed by atoms with Crippen LogP contribution in [0.15, 0.2) is 0 Å². The van der Waals surface area contributed by atoms with E-state index in [2.05, 4.69) is 5.32 Å². The number of hydrogen-bond acceptors (Lipinski definition) is 3. The fourth-order valence-electron chi connectivity index (χ4n) is 2.06. The minimum Gasteiger partial charge on any atom is -0.474 e. The van der Waals surface area contributed by atoms with Gasteiger partial charge in [-0.1, -0.05) is 0 Å². The molecule has 5 heteroatoms. The second-order valence-corrected chi connectivity index (χ2v) is 4.29. The average molecular weight is 212 g/mol. The van der Waals surface area contributed by atoms with Crippen LogP contribution in [0.3, 0.4) is 0 Å². The lowest BCUT2D eigenvalue weighted by Gasteiger charge is -2.23. The topological polar surface area (TPSA) is 69.6 Å². The van der Waals surface area contributed by atoms with Gasteiger partial charge in [-0.15, -0.1) is 0 Å². The van der Waals surface area contributed by atoms with E-state index in [0.717, 1.165) is 32.2 Å². The molecular weight excluding hydrogens is 196 g/mol. The van der Waals surface area contributed by atoms with Crippen LogP contribution in [0.1, 0.15) is 25.7 Å². The zero-order chi connectivity index (χ0) is 10.8. The molecule has 5 nitrogen and oxygen atoms in total. The summed E-state index contributed by atoms with van der Waals surface area (Å²) in [4.78, 5) is 23.6. The van der Waals surface area contributed by atoms with Gasteiger partial charge in [-0.2, -0.15) is 0 Å². The predicted octanol–water partition coefficient (Wildman–Crippen LogP) is -0.186. The average Bonchev–Trinajstić information content (AvgIpc) is 2.92. The van der Waals surface area contributed by atoms with Gasteiger partial charge in [0, 0.05) is 18.6 Å². The maximum Gasteiger partial charge on any atom is 0.394 e. The van der Waals surface area contributed by atoms with Gasteiger partial charge in [0.25, 0.3) is 0 Å². The lowest BCUT2D eigenvalue weighted by Crippen LogP contribution is -2.45. The van der Waals surface area contributed by atoms with Crippen LogP contribution in [0.2, 0.25) is 0 Å². The number of amides is 1. The molecule has 1 heterocycles. The molecule has 1 amide bonds. The van der Waals surface area contributed by atoms with Crippen molar-refractivity contribution < 1.29 is 14.7 Å². The Balaban J connectivity index is 1.93. The van der Waals surface area contributed by atoms with E-state index in [-0.39, 0.29) is 12.1 Å². The molecule has 84 valence electrons. The number of rotatable bonds is 3. The fourth-order valence-corrected chi connectivity index (χ4v) is 2.06. The van der Waals surface area contributed by atoms with Gasteiger partial charge in [0.1, 0.15) is 0 Å². The van der Waals surface area contributed by atoms with Crippen molar-refractivity contribution in [1.29, 1.82) is 0 Å². The molecule has 0 spiro atoms. The molecule has 0 bridgehead atoms. The molecule has 2 N–H and O–H groups in total. The number of nitrogens with one attached hydrogen (secondary N) is 1. The van der Waals surface area contributed by atoms with Crippen LogP contribution in [0.5, 0.6) is 0 Å². The van der Waals surface area contributed by atoms with Crippen LogP contribution in [0.4, 0.5) is 0 Å². The van der Waals surface area contributed by atoms with Crippen molar-refractivity contribution in [3.05, 3.63) is 0 Å². The van der Waals surface area contributed by atoms with E-state index in [1.165, 1.54) is 4.90 Å². The summed E-state index contributed by atoms with van der Waals surface area (Å²) in [7, 11) is 0. The highest BCUT2D eigenvalue weighted by Crippen LogP contribution is 2.27. The molecule has 0 aromatic heterocycles. The van der Waals surface area contributed by atoms with Crippen LogP contribution < -0.4 is 5.32 Å². The molecule has 0 aromatic rings. The zero-order valence-corrected chi connectivity index (χ0v) is 8.61. The van der Waals surface area contributed by atoms with E-state index in [9.17, 15) is 9.59 Å². The first kappa shape index (κ1) is 10.4. The minimum atomic E-state index is -1.33. The van der Waals surface area contributed by atoms with Crippen LogP contribution in [-0.4, -0.2) is 47.1 Å². The number of carboxylic acid groups (broad SMARTS) is 1. The third-order valence-electron chi connectivity index (χ3n) is 3.01. The molecule has 1 aliphatic carbocycles. The van der Waals surface area contributed by atoms with E-state index < -0.39 is 11.9 Å². The highest BCUT2D eigenvalue weighted by atomic mass is 16.4. The van der Waals surface area contributed by atoms with Gasteiger partial charge < -0.3 is 15.3 Å². The Hall–Kier alpha value is -1.10. The Labute approximate surface area is 88.4 Å². The standard InChI is InChI=1S/C10H16N2O3/c13-9(10(14)15)12(8-3-4-8)6-7-2-1-5-11-7/h7-8,11H,1-6H2,(H,14,15). The Morgan fingerprint density at radius 2 is 2.07 bits per heavy atom. The summed E-state index contributed by atoms with van der Waals surface area (Å²) in [6, 6.07) is 0.463. The molecule has 1 saturated heterocycles. The number of carboxylic acids is 1. The second-order valence-electron chi connectivity index (χ2n) is 4.29. The van der Waals surface area contributed by atoms with E-state index in [1.807, 2.05) is 0 Å². The normalized spacial score (nSPS) is 25.2. The summed E-state index contributed by atoms with van der Waals surface area (Å²) >= 11 is 0. The summed E-state index contributed by atoms with van der Waals surface area (Å²) in [5, 5.41) is 12.0. The second kappa shape index (κ2) is 4.18. The Morgan fingerprint density at radius 3 is 2.53 bits per heavy atom. The maximum atomic E-state index is 11.4. The largest absolute Gasteiger partial charge is 0.474 e. The first-order valence-corrected chi connectivity index (χ1v) is 5.46. The maximum absolute atomic E-state index is 11.4. The van der Waals surface area contributed by atoms with Crippen LogP contribution in [-0.2, 0) is 9.59 Å². The van der Waals surface area contributed by atoms with E-state index in [0.29, 0.717) is 6.54 Å². The van der Waals surface area contributed by atoms with Crippen LogP contribution in [0, 0.1) is 0 Å². The van der Waals surface area contributed by atoms with Gasteiger partial charge in [-0.3, -0.25) is 4.79 Å². The molecule has 15 heavy (non-hydrogen) atoms. The van der Waals surface area contributed by atoms with E-state index >= 15 is 0 Å². The Bertz CT molecular complexity index is 270. The van der Waals surface area contributed by atoms with Crippen molar-refractivity contribution in [3.63, 3.8) is 0 Å². The summed E-state index contributed by atoms with van der Waals surface area (Å²) in [5.74, 6) is -2.08. The van der Waals surface area contributed by atoms with Crippen LogP contribution >= 0.6 is 0 Å². The van der Waals surface area contributed by atoms with Gasteiger partial charge in [0.05, 0.1) is 0 Å². The van der Waals surface area contributed by atoms with Gasteiger partial charge in [-0.25, -0.2) is 4.79 Å². The lowest BCUT2D eigenvalue weighted by atomic mass is 10.2. The molecule has 2 rings (SSSR count). The highest BCUT2D eigenvalue weighted by molar-refractivity contribution is 6.31. The number of carbonyl (C=O) groups excluding carboxylic acids is 1. The smallest absolute Gasteiger partial charge is 0.394 e. The van der Waals surface area contributed by atoms with E-state index in [1.54, 1.807) is 0 Å². The van der Waals surface area contributed by atoms with Crippen molar-refractivity contribution in [2.75, 3.05) is 13.1 Å². The third kappa shape index (κ3) is 2.47. The van der Waals surface area contributed by atoms with E-state index in [4.69, 9.17) is 5.11 Å². The van der Waals surface area contributed by atoms with Crippen LogP contribution in [0.25, 0.3) is 0 Å². The Morgan fingerprint density at radius 1 is 1.33 bits per heavy atom. The number of nitrogens with zero attached hydrogens (tertiary/aromatic N) is 1. The van der Waals surface area contributed by atoms with Gasteiger partial charge >= 0.3 is 11.9 Å². The number of carbonyl (C=O) groups is 2. The molecule has 0 radical (unpaired) electrons. The monoisotopic (exact) mass is 212 g/mol. The molecule has 1 saturated carbocycles. The van der Waals surface area contributed by atoms with Gasteiger partial charge in [-0.05, 0) is 32.2 Å². The van der Waals surface area contributed by atoms with Crippen molar-refractivity contribution in [2.45, 2.75) is 37.8 Å².